The summed E-state index contributed by atoms with van der Waals surface area (Å²) >= 11 is 0. The average molecular weight is 718 g/mol. The fourth-order valence-electron chi connectivity index (χ4n) is 6.60. The number of amides is 1. The highest BCUT2D eigenvalue weighted by Gasteiger charge is 2.14. The zero-order chi connectivity index (χ0) is 37.3. The van der Waals surface area contributed by atoms with Gasteiger partial charge in [-0.3, -0.25) is 14.4 Å². The molecule has 298 valence electrons. The molecule has 1 unspecified atom stereocenters. The molecule has 0 spiro atoms. The lowest BCUT2D eigenvalue weighted by Crippen LogP contribution is -2.28. The predicted octanol–water partition coefficient (Wildman–Crippen LogP) is 13.5. The first-order chi connectivity index (χ1) is 25.0. The molecular weight excluding hydrogens is 634 g/mol. The quantitative estimate of drug-likeness (QED) is 0.0374. The van der Waals surface area contributed by atoms with Gasteiger partial charge in [-0.2, -0.15) is 0 Å². The molecule has 0 fully saturated rings. The highest BCUT2D eigenvalue weighted by Crippen LogP contribution is 2.19. The SMILES string of the molecule is CCCCC/C=C\C/C=C\CCCCCCCCCC(=O)OC(CCCCCCCCCCCCCC)CCCCCCCC(=O)NCC(=O)O. The minimum atomic E-state index is -1.01. The van der Waals surface area contributed by atoms with Crippen LogP contribution in [0.15, 0.2) is 24.3 Å². The maximum Gasteiger partial charge on any atom is 0.322 e. The molecule has 0 aromatic heterocycles. The van der Waals surface area contributed by atoms with Crippen molar-refractivity contribution in [1.82, 2.24) is 5.32 Å². The van der Waals surface area contributed by atoms with Gasteiger partial charge in [-0.1, -0.05) is 173 Å². The smallest absolute Gasteiger partial charge is 0.322 e. The van der Waals surface area contributed by atoms with Crippen molar-refractivity contribution in [2.24, 2.45) is 0 Å². The molecule has 0 radical (unpaired) electrons. The lowest BCUT2D eigenvalue weighted by molar-refractivity contribution is -0.150. The Hall–Kier alpha value is -2.11. The van der Waals surface area contributed by atoms with Gasteiger partial charge in [0.25, 0.3) is 0 Å². The molecule has 1 atom stereocenters. The van der Waals surface area contributed by atoms with Crippen molar-refractivity contribution in [3.63, 3.8) is 0 Å². The van der Waals surface area contributed by atoms with Crippen molar-refractivity contribution in [1.29, 1.82) is 0 Å². The number of carboxylic acid groups (broad SMARTS) is 1. The van der Waals surface area contributed by atoms with Gasteiger partial charge in [0.2, 0.25) is 5.91 Å². The number of aliphatic carboxylic acids is 1. The van der Waals surface area contributed by atoms with Gasteiger partial charge in [0, 0.05) is 12.8 Å². The molecule has 0 saturated carbocycles. The van der Waals surface area contributed by atoms with Crippen molar-refractivity contribution in [3.8, 4) is 0 Å². The van der Waals surface area contributed by atoms with E-state index in [2.05, 4.69) is 43.5 Å². The summed E-state index contributed by atoms with van der Waals surface area (Å²) in [5.41, 5.74) is 0. The van der Waals surface area contributed by atoms with Crippen LogP contribution in [0.2, 0.25) is 0 Å². The molecule has 0 saturated heterocycles. The van der Waals surface area contributed by atoms with Crippen LogP contribution in [0, 0.1) is 0 Å². The summed E-state index contributed by atoms with van der Waals surface area (Å²) in [4.78, 5) is 35.0. The van der Waals surface area contributed by atoms with E-state index in [4.69, 9.17) is 9.84 Å². The highest BCUT2D eigenvalue weighted by atomic mass is 16.5. The Morgan fingerprint density at radius 3 is 1.39 bits per heavy atom. The minimum absolute atomic E-state index is 0.0195. The molecule has 0 heterocycles. The molecule has 6 nitrogen and oxygen atoms in total. The molecule has 0 bridgehead atoms. The number of unbranched alkanes of at least 4 members (excludes halogenated alkanes) is 25. The van der Waals surface area contributed by atoms with E-state index in [-0.39, 0.29) is 24.5 Å². The molecule has 0 aliphatic carbocycles. The zero-order valence-corrected chi connectivity index (χ0v) is 33.7. The van der Waals surface area contributed by atoms with Crippen LogP contribution in [0.25, 0.3) is 0 Å². The van der Waals surface area contributed by atoms with E-state index in [0.717, 1.165) is 70.6 Å². The summed E-state index contributed by atoms with van der Waals surface area (Å²) in [6.45, 7) is 4.21. The van der Waals surface area contributed by atoms with E-state index in [1.54, 1.807) is 0 Å². The number of hydrogen-bond acceptors (Lipinski definition) is 4. The molecule has 51 heavy (non-hydrogen) atoms. The summed E-state index contributed by atoms with van der Waals surface area (Å²) in [6.07, 6.45) is 48.7. The summed E-state index contributed by atoms with van der Waals surface area (Å²) < 4.78 is 6.03. The van der Waals surface area contributed by atoms with Crippen molar-refractivity contribution >= 4 is 17.8 Å². The highest BCUT2D eigenvalue weighted by molar-refractivity contribution is 5.80. The maximum absolute atomic E-state index is 12.8. The van der Waals surface area contributed by atoms with Crippen LogP contribution in [0.1, 0.15) is 232 Å². The monoisotopic (exact) mass is 718 g/mol. The number of allylic oxidation sites excluding steroid dienone is 4. The van der Waals surface area contributed by atoms with Crippen molar-refractivity contribution in [2.45, 2.75) is 238 Å². The van der Waals surface area contributed by atoms with Gasteiger partial charge in [0.05, 0.1) is 0 Å². The number of nitrogens with one attached hydrogen (secondary N) is 1. The van der Waals surface area contributed by atoms with E-state index in [1.807, 2.05) is 0 Å². The largest absolute Gasteiger partial charge is 0.480 e. The van der Waals surface area contributed by atoms with Gasteiger partial charge < -0.3 is 15.2 Å². The Labute approximate surface area is 315 Å². The number of esters is 1. The topological polar surface area (TPSA) is 92.7 Å². The first-order valence-corrected chi connectivity index (χ1v) is 22.0. The first-order valence-electron chi connectivity index (χ1n) is 22.0. The van der Waals surface area contributed by atoms with Crippen molar-refractivity contribution in [3.05, 3.63) is 24.3 Å². The van der Waals surface area contributed by atoms with Crippen molar-refractivity contribution in [2.75, 3.05) is 6.54 Å². The van der Waals surface area contributed by atoms with Gasteiger partial charge in [0.1, 0.15) is 12.6 Å². The fraction of sp³-hybridized carbons (Fsp3) is 0.844. The summed E-state index contributed by atoms with van der Waals surface area (Å²) in [7, 11) is 0. The molecule has 0 aromatic rings. The number of hydrogen-bond donors (Lipinski definition) is 2. The lowest BCUT2D eigenvalue weighted by atomic mass is 10.0. The Morgan fingerprint density at radius 1 is 0.510 bits per heavy atom. The van der Waals surface area contributed by atoms with E-state index in [0.29, 0.717) is 12.8 Å². The third-order valence-electron chi connectivity index (χ3n) is 9.88. The maximum atomic E-state index is 12.8. The van der Waals surface area contributed by atoms with Gasteiger partial charge >= 0.3 is 11.9 Å². The number of carbonyl (C=O) groups excluding carboxylic acids is 2. The van der Waals surface area contributed by atoms with Crippen LogP contribution < -0.4 is 5.32 Å². The summed E-state index contributed by atoms with van der Waals surface area (Å²) in [5.74, 6) is -1.23. The number of carbonyl (C=O) groups is 3. The molecule has 6 heteroatoms. The van der Waals surface area contributed by atoms with E-state index in [1.165, 1.54) is 135 Å². The first kappa shape index (κ1) is 48.9. The van der Waals surface area contributed by atoms with Gasteiger partial charge in [-0.25, -0.2) is 0 Å². The van der Waals surface area contributed by atoms with Crippen LogP contribution in [0.3, 0.4) is 0 Å². The summed E-state index contributed by atoms with van der Waals surface area (Å²) in [6, 6.07) is 0. The third kappa shape index (κ3) is 40.5. The molecular formula is C45H83NO5. The molecule has 2 N–H and O–H groups in total. The van der Waals surface area contributed by atoms with Gasteiger partial charge in [0.15, 0.2) is 0 Å². The van der Waals surface area contributed by atoms with E-state index >= 15 is 0 Å². The lowest BCUT2D eigenvalue weighted by Gasteiger charge is -2.18. The number of rotatable bonds is 40. The van der Waals surface area contributed by atoms with Gasteiger partial charge in [-0.15, -0.1) is 0 Å². The van der Waals surface area contributed by atoms with E-state index < -0.39 is 5.97 Å². The Bertz CT molecular complexity index is 838. The second kappa shape index (κ2) is 40.7. The Morgan fingerprint density at radius 2 is 0.902 bits per heavy atom. The molecule has 0 aromatic carbocycles. The van der Waals surface area contributed by atoms with Crippen LogP contribution in [-0.2, 0) is 19.1 Å². The second-order valence-corrected chi connectivity index (χ2v) is 15.0. The standard InChI is InChI=1S/C45H83NO5/c1-3-5-7-9-11-13-15-17-18-19-20-21-23-25-27-32-36-40-45(50)51-42(37-33-29-26-24-22-16-14-12-10-8-6-4-2)38-34-30-28-31-35-39-43(47)46-41-44(48)49/h11,13,17-18,42H,3-10,12,14-16,19-41H2,1-2H3,(H,46,47)(H,48,49)/b13-11-,18-17-. The van der Waals surface area contributed by atoms with Crippen LogP contribution in [-0.4, -0.2) is 35.6 Å². The Balaban J connectivity index is 4.14. The normalized spacial score (nSPS) is 12.2. The van der Waals surface area contributed by atoms with Crippen LogP contribution >= 0.6 is 0 Å². The van der Waals surface area contributed by atoms with Crippen LogP contribution in [0.5, 0.6) is 0 Å². The van der Waals surface area contributed by atoms with Crippen LogP contribution in [0.4, 0.5) is 0 Å². The third-order valence-corrected chi connectivity index (χ3v) is 9.88. The molecule has 0 rings (SSSR count). The second-order valence-electron chi connectivity index (χ2n) is 15.0. The number of ether oxygens (including phenoxy) is 1. The predicted molar refractivity (Wildman–Crippen MR) is 217 cm³/mol. The average Bonchev–Trinajstić information content (AvgIpc) is 3.11. The fourth-order valence-corrected chi connectivity index (χ4v) is 6.60. The molecule has 0 aliphatic heterocycles. The zero-order valence-electron chi connectivity index (χ0n) is 33.7. The summed E-state index contributed by atoms with van der Waals surface area (Å²) in [5, 5.41) is 11.1. The van der Waals surface area contributed by atoms with E-state index in [9.17, 15) is 14.4 Å². The number of carboxylic acids is 1. The molecule has 0 aliphatic rings. The molecule has 1 amide bonds. The van der Waals surface area contributed by atoms with Gasteiger partial charge in [-0.05, 0) is 70.6 Å². The van der Waals surface area contributed by atoms with Crippen molar-refractivity contribution < 1.29 is 24.2 Å². The minimum Gasteiger partial charge on any atom is -0.480 e. The Kier molecular flexibility index (Phi) is 39.0.